The van der Waals surface area contributed by atoms with Crippen LogP contribution >= 0.6 is 0 Å². The summed E-state index contributed by atoms with van der Waals surface area (Å²) in [7, 11) is 0. The van der Waals surface area contributed by atoms with Crippen molar-refractivity contribution in [3.8, 4) is 0 Å². The summed E-state index contributed by atoms with van der Waals surface area (Å²) in [5, 5.41) is 8.86. The second kappa shape index (κ2) is 5.57. The van der Waals surface area contributed by atoms with Gasteiger partial charge in [0.2, 0.25) is 0 Å². The average Bonchev–Trinajstić information content (AvgIpc) is 2.48. The van der Waals surface area contributed by atoms with Crippen molar-refractivity contribution in [3.63, 3.8) is 0 Å². The smallest absolute Gasteiger partial charge is 0.151 e. The largest absolute Gasteiger partial charge is 0.369 e. The Hall–Kier alpha value is -2.62. The van der Waals surface area contributed by atoms with Crippen molar-refractivity contribution in [1.29, 1.82) is 0 Å². The van der Waals surface area contributed by atoms with Crippen molar-refractivity contribution in [1.82, 2.24) is 9.97 Å². The zero-order valence-electron chi connectivity index (χ0n) is 11.3. The van der Waals surface area contributed by atoms with Crippen LogP contribution in [0.15, 0.2) is 54.9 Å². The molecule has 100 valence electrons. The highest BCUT2D eigenvalue weighted by Gasteiger charge is 2.00. The highest BCUT2D eigenvalue weighted by Crippen LogP contribution is 2.21. The first kappa shape index (κ1) is 12.4. The molecule has 0 unspecified atom stereocenters. The first-order valence-electron chi connectivity index (χ1n) is 6.67. The fourth-order valence-electron chi connectivity index (χ4n) is 2.11. The average molecular weight is 264 g/mol. The van der Waals surface area contributed by atoms with Gasteiger partial charge in [-0.2, -0.15) is 0 Å². The minimum Gasteiger partial charge on any atom is -0.369 e. The molecule has 0 aliphatic heterocycles. The summed E-state index contributed by atoms with van der Waals surface area (Å²) < 4.78 is 0. The summed E-state index contributed by atoms with van der Waals surface area (Å²) in [5.74, 6) is 1.51. The zero-order chi connectivity index (χ0) is 13.8. The Morgan fingerprint density at radius 1 is 0.950 bits per heavy atom. The lowest BCUT2D eigenvalue weighted by molar-refractivity contribution is 1.12. The maximum Gasteiger partial charge on any atom is 0.151 e. The van der Waals surface area contributed by atoms with Crippen molar-refractivity contribution in [2.24, 2.45) is 0 Å². The number of rotatable bonds is 4. The van der Waals surface area contributed by atoms with Gasteiger partial charge in [-0.1, -0.05) is 30.3 Å². The Labute approximate surface area is 117 Å². The SMILES string of the molecule is CCNc1cncc(Nc2ccc3ccccc3c2)n1. The summed E-state index contributed by atoms with van der Waals surface area (Å²) in [6, 6.07) is 14.5. The molecule has 0 saturated carbocycles. The third-order valence-corrected chi connectivity index (χ3v) is 3.01. The number of benzene rings is 2. The predicted molar refractivity (Wildman–Crippen MR) is 83.4 cm³/mol. The van der Waals surface area contributed by atoms with Gasteiger partial charge >= 0.3 is 0 Å². The first-order valence-corrected chi connectivity index (χ1v) is 6.67. The van der Waals surface area contributed by atoms with Crippen LogP contribution in [0.1, 0.15) is 6.92 Å². The number of aromatic nitrogens is 2. The van der Waals surface area contributed by atoms with Gasteiger partial charge in [-0.25, -0.2) is 4.98 Å². The fraction of sp³-hybridized carbons (Fsp3) is 0.125. The van der Waals surface area contributed by atoms with E-state index in [0.29, 0.717) is 0 Å². The summed E-state index contributed by atoms with van der Waals surface area (Å²) in [6.07, 6.45) is 3.44. The molecule has 20 heavy (non-hydrogen) atoms. The second-order valence-corrected chi connectivity index (χ2v) is 4.51. The molecule has 0 amide bonds. The normalized spacial score (nSPS) is 10.4. The van der Waals surface area contributed by atoms with E-state index in [9.17, 15) is 0 Å². The van der Waals surface area contributed by atoms with Crippen LogP contribution in [0.2, 0.25) is 0 Å². The van der Waals surface area contributed by atoms with Crippen LogP contribution in [-0.4, -0.2) is 16.5 Å². The standard InChI is InChI=1S/C16H16N4/c1-2-18-15-10-17-11-16(20-15)19-14-8-7-12-5-3-4-6-13(12)9-14/h3-11H,2H2,1H3,(H2,18,19,20). The minimum absolute atomic E-state index is 0.735. The molecule has 1 aromatic heterocycles. The number of hydrogen-bond donors (Lipinski definition) is 2. The number of nitrogens with one attached hydrogen (secondary N) is 2. The summed E-state index contributed by atoms with van der Waals surface area (Å²) in [5.41, 5.74) is 1.01. The van der Waals surface area contributed by atoms with E-state index in [-0.39, 0.29) is 0 Å². The molecule has 0 radical (unpaired) electrons. The van der Waals surface area contributed by atoms with Gasteiger partial charge in [0.1, 0.15) is 5.82 Å². The molecule has 4 nitrogen and oxygen atoms in total. The molecule has 2 aromatic carbocycles. The Bertz CT molecular complexity index is 724. The molecule has 2 N–H and O–H groups in total. The van der Waals surface area contributed by atoms with Crippen molar-refractivity contribution >= 4 is 28.1 Å². The summed E-state index contributed by atoms with van der Waals surface area (Å²) in [6.45, 7) is 2.86. The van der Waals surface area contributed by atoms with E-state index < -0.39 is 0 Å². The first-order chi connectivity index (χ1) is 9.85. The van der Waals surface area contributed by atoms with E-state index in [4.69, 9.17) is 0 Å². The van der Waals surface area contributed by atoms with Crippen LogP contribution in [0.25, 0.3) is 10.8 Å². The summed E-state index contributed by atoms with van der Waals surface area (Å²) in [4.78, 5) is 8.63. The molecule has 3 aromatic rings. The van der Waals surface area contributed by atoms with E-state index in [0.717, 1.165) is 23.9 Å². The Kier molecular flexibility index (Phi) is 3.46. The number of fused-ring (bicyclic) bond motifs is 1. The quantitative estimate of drug-likeness (QED) is 0.752. The molecule has 0 spiro atoms. The monoisotopic (exact) mass is 264 g/mol. The van der Waals surface area contributed by atoms with Gasteiger partial charge in [0.05, 0.1) is 12.4 Å². The van der Waals surface area contributed by atoms with Crippen LogP contribution in [-0.2, 0) is 0 Å². The Balaban J connectivity index is 1.87. The molecule has 3 rings (SSSR count). The molecule has 4 heteroatoms. The second-order valence-electron chi connectivity index (χ2n) is 4.51. The molecular formula is C16H16N4. The lowest BCUT2D eigenvalue weighted by Gasteiger charge is -2.08. The number of hydrogen-bond acceptors (Lipinski definition) is 4. The number of anilines is 3. The third-order valence-electron chi connectivity index (χ3n) is 3.01. The van der Waals surface area contributed by atoms with Gasteiger partial charge in [-0.3, -0.25) is 4.98 Å². The lowest BCUT2D eigenvalue weighted by atomic mass is 10.1. The van der Waals surface area contributed by atoms with Gasteiger partial charge in [-0.15, -0.1) is 0 Å². The Morgan fingerprint density at radius 3 is 2.60 bits per heavy atom. The van der Waals surface area contributed by atoms with Crippen LogP contribution in [0.5, 0.6) is 0 Å². The molecule has 0 aliphatic rings. The van der Waals surface area contributed by atoms with E-state index in [2.05, 4.69) is 44.9 Å². The molecule has 0 fully saturated rings. The maximum absolute atomic E-state index is 4.45. The van der Waals surface area contributed by atoms with E-state index in [1.807, 2.05) is 25.1 Å². The van der Waals surface area contributed by atoms with E-state index in [1.165, 1.54) is 10.8 Å². The highest BCUT2D eigenvalue weighted by molar-refractivity contribution is 5.86. The van der Waals surface area contributed by atoms with Gasteiger partial charge in [0.25, 0.3) is 0 Å². The van der Waals surface area contributed by atoms with Gasteiger partial charge in [0.15, 0.2) is 5.82 Å². The van der Waals surface area contributed by atoms with Crippen molar-refractivity contribution < 1.29 is 0 Å². The minimum atomic E-state index is 0.735. The predicted octanol–water partition coefficient (Wildman–Crippen LogP) is 3.81. The van der Waals surface area contributed by atoms with Crippen LogP contribution in [0.4, 0.5) is 17.3 Å². The van der Waals surface area contributed by atoms with Crippen molar-refractivity contribution in [2.45, 2.75) is 6.92 Å². The molecule has 1 heterocycles. The van der Waals surface area contributed by atoms with Crippen molar-refractivity contribution in [2.75, 3.05) is 17.2 Å². The van der Waals surface area contributed by atoms with Crippen LogP contribution < -0.4 is 10.6 Å². The molecular weight excluding hydrogens is 248 g/mol. The fourth-order valence-corrected chi connectivity index (χ4v) is 2.11. The van der Waals surface area contributed by atoms with Crippen LogP contribution in [0.3, 0.4) is 0 Å². The van der Waals surface area contributed by atoms with Gasteiger partial charge < -0.3 is 10.6 Å². The zero-order valence-corrected chi connectivity index (χ0v) is 11.3. The molecule has 0 atom stereocenters. The van der Waals surface area contributed by atoms with E-state index in [1.54, 1.807) is 12.4 Å². The third kappa shape index (κ3) is 2.69. The van der Waals surface area contributed by atoms with Gasteiger partial charge in [0, 0.05) is 12.2 Å². The molecule has 0 bridgehead atoms. The number of nitrogens with zero attached hydrogens (tertiary/aromatic N) is 2. The highest BCUT2D eigenvalue weighted by atomic mass is 15.1. The van der Waals surface area contributed by atoms with Crippen molar-refractivity contribution in [3.05, 3.63) is 54.9 Å². The summed E-state index contributed by atoms with van der Waals surface area (Å²) >= 11 is 0. The molecule has 0 aliphatic carbocycles. The topological polar surface area (TPSA) is 49.8 Å². The van der Waals surface area contributed by atoms with Gasteiger partial charge in [-0.05, 0) is 29.8 Å². The lowest BCUT2D eigenvalue weighted by Crippen LogP contribution is -2.02. The van der Waals surface area contributed by atoms with E-state index >= 15 is 0 Å². The Morgan fingerprint density at radius 2 is 1.75 bits per heavy atom. The maximum atomic E-state index is 4.45. The van der Waals surface area contributed by atoms with Crippen LogP contribution in [0, 0.1) is 0 Å². The molecule has 0 saturated heterocycles.